The first-order valence-electron chi connectivity index (χ1n) is 12.3. The number of amides is 3. The molecule has 4 aromatic rings. The van der Waals surface area contributed by atoms with Crippen molar-refractivity contribution in [3.05, 3.63) is 48.3 Å². The van der Waals surface area contributed by atoms with Crippen molar-refractivity contribution in [2.75, 3.05) is 37.3 Å². The molecule has 0 radical (unpaired) electrons. The quantitative estimate of drug-likeness (QED) is 0.342. The highest BCUT2D eigenvalue weighted by Gasteiger charge is 2.19. The molecule has 0 atom stereocenters. The van der Waals surface area contributed by atoms with Gasteiger partial charge < -0.3 is 20.9 Å². The number of aromatic nitrogens is 5. The second kappa shape index (κ2) is 10.7. The minimum Gasteiger partial charge on any atom is -0.338 e. The summed E-state index contributed by atoms with van der Waals surface area (Å²) in [4.78, 5) is 33.9. The molecule has 0 spiro atoms. The van der Waals surface area contributed by atoms with Gasteiger partial charge in [0.1, 0.15) is 4.83 Å². The highest BCUT2D eigenvalue weighted by Crippen LogP contribution is 2.30. The molecule has 12 heteroatoms. The van der Waals surface area contributed by atoms with Gasteiger partial charge in [-0.3, -0.25) is 14.5 Å². The summed E-state index contributed by atoms with van der Waals surface area (Å²) in [6, 6.07) is 1.43. The fraction of sp³-hybridized carbons (Fsp3) is 0.400. The molecule has 3 amide bonds. The van der Waals surface area contributed by atoms with Gasteiger partial charge in [0.2, 0.25) is 0 Å². The van der Waals surface area contributed by atoms with E-state index in [1.54, 1.807) is 40.8 Å². The molecule has 4 aromatic heterocycles. The van der Waals surface area contributed by atoms with Crippen LogP contribution in [0.3, 0.4) is 0 Å². The predicted molar refractivity (Wildman–Crippen MR) is 144 cm³/mol. The Morgan fingerprint density at radius 2 is 1.89 bits per heavy atom. The summed E-state index contributed by atoms with van der Waals surface area (Å²) in [6.07, 6.45) is 12.0. The first-order chi connectivity index (χ1) is 17.9. The minimum absolute atomic E-state index is 0.282. The molecule has 0 saturated carbocycles. The van der Waals surface area contributed by atoms with Gasteiger partial charge >= 0.3 is 6.03 Å². The number of nitrogens with zero attached hydrogens (tertiary/aromatic N) is 6. The zero-order valence-corrected chi connectivity index (χ0v) is 22.0. The third-order valence-corrected chi connectivity index (χ3v) is 7.86. The number of nitrogens with one attached hydrogen (secondary N) is 3. The van der Waals surface area contributed by atoms with E-state index in [-0.39, 0.29) is 11.9 Å². The van der Waals surface area contributed by atoms with E-state index in [0.717, 1.165) is 34.8 Å². The van der Waals surface area contributed by atoms with Crippen molar-refractivity contribution in [3.8, 4) is 10.4 Å². The van der Waals surface area contributed by atoms with Crippen molar-refractivity contribution in [2.24, 2.45) is 13.0 Å². The zero-order chi connectivity index (χ0) is 25.9. The van der Waals surface area contributed by atoms with Gasteiger partial charge in [-0.15, -0.1) is 11.3 Å². The van der Waals surface area contributed by atoms with Crippen LogP contribution in [0.25, 0.3) is 15.3 Å². The number of rotatable bonds is 7. The summed E-state index contributed by atoms with van der Waals surface area (Å²) in [5.74, 6) is 0.359. The molecular formula is C25H31N9O2S. The number of hydrogen-bond acceptors (Lipinski definition) is 7. The van der Waals surface area contributed by atoms with E-state index in [4.69, 9.17) is 0 Å². The summed E-state index contributed by atoms with van der Waals surface area (Å²) in [6.45, 7) is 4.66. The van der Waals surface area contributed by atoms with Crippen LogP contribution in [0, 0.1) is 12.8 Å². The molecule has 37 heavy (non-hydrogen) atoms. The van der Waals surface area contributed by atoms with Crippen molar-refractivity contribution >= 4 is 39.5 Å². The van der Waals surface area contributed by atoms with Gasteiger partial charge in [-0.1, -0.05) is 0 Å². The fourth-order valence-electron chi connectivity index (χ4n) is 4.46. The van der Waals surface area contributed by atoms with Crippen molar-refractivity contribution < 1.29 is 9.59 Å². The number of pyridine rings is 1. The smallest absolute Gasteiger partial charge is 0.319 e. The maximum Gasteiger partial charge on any atom is 0.319 e. The summed E-state index contributed by atoms with van der Waals surface area (Å²) in [7, 11) is 4.01. The Balaban J connectivity index is 1.20. The van der Waals surface area contributed by atoms with Crippen LogP contribution in [-0.2, 0) is 7.05 Å². The number of hydrogen-bond donors (Lipinski definition) is 3. The predicted octanol–water partition coefficient (Wildman–Crippen LogP) is 3.61. The van der Waals surface area contributed by atoms with Crippen LogP contribution >= 0.6 is 11.3 Å². The molecule has 1 fully saturated rings. The summed E-state index contributed by atoms with van der Waals surface area (Å²) in [5.41, 5.74) is 3.11. The first kappa shape index (κ1) is 24.9. The highest BCUT2D eigenvalue weighted by atomic mass is 32.1. The number of carbonyl (C=O) groups is 2. The van der Waals surface area contributed by atoms with Crippen LogP contribution in [-0.4, -0.2) is 67.9 Å². The Labute approximate surface area is 218 Å². The molecule has 0 aliphatic carbocycles. The Kier molecular flexibility index (Phi) is 7.19. The zero-order valence-electron chi connectivity index (χ0n) is 21.2. The number of aryl methyl sites for hydroxylation is 2. The van der Waals surface area contributed by atoms with Gasteiger partial charge in [0.05, 0.1) is 46.1 Å². The molecule has 0 aromatic carbocycles. The molecule has 1 aliphatic heterocycles. The third-order valence-electron chi connectivity index (χ3n) is 6.70. The van der Waals surface area contributed by atoms with E-state index in [9.17, 15) is 9.59 Å². The third kappa shape index (κ3) is 5.81. The van der Waals surface area contributed by atoms with Crippen LogP contribution in [0.15, 0.2) is 37.1 Å². The maximum absolute atomic E-state index is 13.1. The standard InChI is InChI=1S/C25H31N9O2S/c1-16-21(10-19(12-27-16)30-25(36)26-7-4-17-5-8-32(2)9-6-17)31-23(35)20-13-29-34-15-22(37-24(20)34)18-11-28-33(3)14-18/h10-15,17H,4-9H2,1-3H3,(H,31,35)(H2,26,30,36). The lowest BCUT2D eigenvalue weighted by molar-refractivity contribution is 0.102. The van der Waals surface area contributed by atoms with Gasteiger partial charge in [0.15, 0.2) is 0 Å². The van der Waals surface area contributed by atoms with E-state index in [2.05, 4.69) is 43.1 Å². The lowest BCUT2D eigenvalue weighted by Crippen LogP contribution is -2.34. The lowest BCUT2D eigenvalue weighted by atomic mass is 9.94. The Morgan fingerprint density at radius 1 is 1.08 bits per heavy atom. The second-order valence-corrected chi connectivity index (χ2v) is 10.6. The molecule has 0 unspecified atom stereocenters. The van der Waals surface area contributed by atoms with Crippen molar-refractivity contribution in [2.45, 2.75) is 26.2 Å². The summed E-state index contributed by atoms with van der Waals surface area (Å²) < 4.78 is 3.43. The lowest BCUT2D eigenvalue weighted by Gasteiger charge is -2.28. The van der Waals surface area contributed by atoms with Crippen molar-refractivity contribution in [1.82, 2.24) is 34.6 Å². The number of piperidine rings is 1. The number of urea groups is 1. The minimum atomic E-state index is -0.292. The number of likely N-dealkylation sites (tertiary alicyclic amines) is 1. The second-order valence-electron chi connectivity index (χ2n) is 9.53. The van der Waals surface area contributed by atoms with Crippen molar-refractivity contribution in [1.29, 1.82) is 0 Å². The first-order valence-corrected chi connectivity index (χ1v) is 13.1. The molecule has 5 heterocycles. The topological polar surface area (TPSA) is 121 Å². The Morgan fingerprint density at radius 3 is 2.65 bits per heavy atom. The summed E-state index contributed by atoms with van der Waals surface area (Å²) in [5, 5.41) is 17.2. The van der Waals surface area contributed by atoms with Gasteiger partial charge in [0, 0.05) is 31.5 Å². The van der Waals surface area contributed by atoms with Crippen LogP contribution in [0.5, 0.6) is 0 Å². The average Bonchev–Trinajstić information content (AvgIpc) is 3.58. The molecule has 1 saturated heterocycles. The SMILES string of the molecule is Cc1ncc(NC(=O)NCCC2CCN(C)CC2)cc1NC(=O)c1cnn2cc(-c3cnn(C)c3)sc12. The number of carbonyl (C=O) groups excluding carboxylic acids is 2. The number of anilines is 2. The van der Waals surface area contributed by atoms with E-state index in [1.807, 2.05) is 19.4 Å². The van der Waals surface area contributed by atoms with Gasteiger partial charge in [0.25, 0.3) is 5.91 Å². The Hall–Kier alpha value is -3.77. The van der Waals surface area contributed by atoms with Gasteiger partial charge in [-0.2, -0.15) is 10.2 Å². The molecule has 1 aliphatic rings. The molecule has 5 rings (SSSR count). The van der Waals surface area contributed by atoms with Crippen LogP contribution in [0.2, 0.25) is 0 Å². The van der Waals surface area contributed by atoms with E-state index in [0.29, 0.717) is 35.1 Å². The van der Waals surface area contributed by atoms with Crippen LogP contribution in [0.4, 0.5) is 16.2 Å². The van der Waals surface area contributed by atoms with Crippen LogP contribution in [0.1, 0.15) is 35.3 Å². The molecule has 11 nitrogen and oxygen atoms in total. The fourth-order valence-corrected chi connectivity index (χ4v) is 5.49. The number of fused-ring (bicyclic) bond motifs is 1. The molecule has 3 N–H and O–H groups in total. The molecule has 194 valence electrons. The van der Waals surface area contributed by atoms with Crippen molar-refractivity contribution in [3.63, 3.8) is 0 Å². The van der Waals surface area contributed by atoms with Crippen LogP contribution < -0.4 is 16.0 Å². The summed E-state index contributed by atoms with van der Waals surface area (Å²) >= 11 is 1.47. The van der Waals surface area contributed by atoms with E-state index >= 15 is 0 Å². The normalized spacial score (nSPS) is 14.7. The largest absolute Gasteiger partial charge is 0.338 e. The average molecular weight is 522 g/mol. The Bertz CT molecular complexity index is 1410. The highest BCUT2D eigenvalue weighted by molar-refractivity contribution is 7.21. The maximum atomic E-state index is 13.1. The molecular weight excluding hydrogens is 490 g/mol. The van der Waals surface area contributed by atoms with E-state index in [1.165, 1.54) is 24.2 Å². The van der Waals surface area contributed by atoms with E-state index < -0.39 is 0 Å². The number of thiazole rings is 1. The monoisotopic (exact) mass is 521 g/mol. The van der Waals surface area contributed by atoms with Gasteiger partial charge in [-0.25, -0.2) is 9.31 Å². The molecule has 0 bridgehead atoms. The van der Waals surface area contributed by atoms with Gasteiger partial charge in [-0.05, 0) is 58.3 Å².